The zero-order valence-corrected chi connectivity index (χ0v) is 16.2. The summed E-state index contributed by atoms with van der Waals surface area (Å²) in [6.07, 6.45) is 1.01. The van der Waals surface area contributed by atoms with Crippen LogP contribution in [-0.4, -0.2) is 18.4 Å². The van der Waals surface area contributed by atoms with Crippen LogP contribution in [0.15, 0.2) is 91.0 Å². The highest BCUT2D eigenvalue weighted by Crippen LogP contribution is 2.48. The Labute approximate surface area is 171 Å². The van der Waals surface area contributed by atoms with Gasteiger partial charge in [-0.2, -0.15) is 0 Å². The Bertz CT molecular complexity index is 951. The summed E-state index contributed by atoms with van der Waals surface area (Å²) >= 11 is 0. The molecule has 1 aliphatic carbocycles. The number of Topliss-reactive ketones (excluding diaryl/α,β-unsaturated/α-hetero) is 1. The van der Waals surface area contributed by atoms with Gasteiger partial charge in [-0.25, -0.2) is 0 Å². The topological polar surface area (TPSA) is 43.4 Å². The molecule has 146 valence electrons. The van der Waals surface area contributed by atoms with Crippen LogP contribution in [0.25, 0.3) is 0 Å². The lowest BCUT2D eigenvalue weighted by molar-refractivity contribution is -0.151. The lowest BCUT2D eigenvalue weighted by Crippen LogP contribution is -2.27. The zero-order valence-electron chi connectivity index (χ0n) is 16.2. The molecule has 0 N–H and O–H groups in total. The molecule has 0 saturated heterocycles. The van der Waals surface area contributed by atoms with Crippen LogP contribution in [0.2, 0.25) is 0 Å². The first-order chi connectivity index (χ1) is 14.2. The Balaban J connectivity index is 1.55. The third-order valence-corrected chi connectivity index (χ3v) is 5.70. The van der Waals surface area contributed by atoms with E-state index in [2.05, 4.69) is 0 Å². The molecule has 0 bridgehead atoms. The van der Waals surface area contributed by atoms with Crippen molar-refractivity contribution >= 4 is 11.8 Å². The molecule has 0 spiro atoms. The second-order valence-corrected chi connectivity index (χ2v) is 7.50. The van der Waals surface area contributed by atoms with Crippen LogP contribution in [0.3, 0.4) is 0 Å². The fourth-order valence-corrected chi connectivity index (χ4v) is 4.31. The van der Waals surface area contributed by atoms with Gasteiger partial charge in [-0.3, -0.25) is 9.59 Å². The Hall–Kier alpha value is -3.20. The Morgan fingerprint density at radius 2 is 1.34 bits per heavy atom. The van der Waals surface area contributed by atoms with Crippen LogP contribution in [0.1, 0.15) is 34.9 Å². The van der Waals surface area contributed by atoms with E-state index in [4.69, 9.17) is 4.74 Å². The van der Waals surface area contributed by atoms with Crippen molar-refractivity contribution in [3.05, 3.63) is 108 Å². The lowest BCUT2D eigenvalue weighted by atomic mass is 9.80. The first kappa shape index (κ1) is 19.1. The summed E-state index contributed by atoms with van der Waals surface area (Å²) in [6.45, 7) is 0.282. The number of ether oxygens (including phenoxy) is 1. The molecule has 0 heterocycles. The first-order valence-corrected chi connectivity index (χ1v) is 10.1. The van der Waals surface area contributed by atoms with E-state index < -0.39 is 11.9 Å². The van der Waals surface area contributed by atoms with Crippen molar-refractivity contribution in [1.29, 1.82) is 0 Å². The van der Waals surface area contributed by atoms with Gasteiger partial charge in [-0.1, -0.05) is 91.0 Å². The van der Waals surface area contributed by atoms with Crippen molar-refractivity contribution in [2.45, 2.75) is 24.7 Å². The molecule has 0 amide bonds. The molecular weight excluding hydrogens is 360 g/mol. The van der Waals surface area contributed by atoms with E-state index in [1.165, 1.54) is 0 Å². The molecule has 3 aromatic rings. The van der Waals surface area contributed by atoms with Crippen LogP contribution in [0.4, 0.5) is 0 Å². The molecule has 3 aromatic carbocycles. The summed E-state index contributed by atoms with van der Waals surface area (Å²) in [4.78, 5) is 25.9. The monoisotopic (exact) mass is 384 g/mol. The first-order valence-electron chi connectivity index (χ1n) is 10.1. The van der Waals surface area contributed by atoms with E-state index in [1.54, 1.807) is 0 Å². The average Bonchev–Trinajstić information content (AvgIpc) is 3.13. The quantitative estimate of drug-likeness (QED) is 0.447. The number of ketones is 1. The zero-order chi connectivity index (χ0) is 20.1. The van der Waals surface area contributed by atoms with E-state index in [0.717, 1.165) is 16.7 Å². The van der Waals surface area contributed by atoms with Crippen LogP contribution < -0.4 is 0 Å². The highest BCUT2D eigenvalue weighted by molar-refractivity contribution is 6.02. The molecule has 3 atom stereocenters. The van der Waals surface area contributed by atoms with Crippen molar-refractivity contribution in [3.63, 3.8) is 0 Å². The highest BCUT2D eigenvalue weighted by Gasteiger charge is 2.48. The number of hydrogen-bond acceptors (Lipinski definition) is 3. The maximum Gasteiger partial charge on any atom is 0.317 e. The summed E-state index contributed by atoms with van der Waals surface area (Å²) in [5.41, 5.74) is 3.21. The third-order valence-electron chi connectivity index (χ3n) is 5.70. The minimum atomic E-state index is -0.752. The van der Waals surface area contributed by atoms with Gasteiger partial charge < -0.3 is 4.74 Å². The standard InChI is InChI=1S/C26H24O3/c27-23-18-22(20-12-6-2-7-13-20)24(21-14-8-3-9-15-21)25(23)26(28)29-17-16-19-10-4-1-5-11-19/h1-15,22,24-25H,16-18H2/t22-,24-,25-/m0/s1. The number of carbonyl (C=O) groups is 2. The van der Waals surface area contributed by atoms with E-state index in [-0.39, 0.29) is 24.2 Å². The van der Waals surface area contributed by atoms with Crippen molar-refractivity contribution in [3.8, 4) is 0 Å². The summed E-state index contributed by atoms with van der Waals surface area (Å²) < 4.78 is 5.58. The summed E-state index contributed by atoms with van der Waals surface area (Å²) in [6, 6.07) is 29.8. The predicted octanol–water partition coefficient (Wildman–Crippen LogP) is 4.93. The van der Waals surface area contributed by atoms with Gasteiger partial charge in [0.25, 0.3) is 0 Å². The lowest BCUT2D eigenvalue weighted by Gasteiger charge is -2.24. The number of carbonyl (C=O) groups excluding carboxylic acids is 2. The molecule has 0 aliphatic heterocycles. The van der Waals surface area contributed by atoms with Crippen molar-refractivity contribution < 1.29 is 14.3 Å². The molecular formula is C26H24O3. The van der Waals surface area contributed by atoms with Gasteiger partial charge in [-0.05, 0) is 22.6 Å². The normalized spacial score (nSPS) is 21.1. The fraction of sp³-hybridized carbons (Fsp3) is 0.231. The molecule has 3 nitrogen and oxygen atoms in total. The second kappa shape index (κ2) is 8.87. The Morgan fingerprint density at radius 3 is 1.97 bits per heavy atom. The summed E-state index contributed by atoms with van der Waals surface area (Å²) in [7, 11) is 0. The number of esters is 1. The minimum absolute atomic E-state index is 0.0160. The van der Waals surface area contributed by atoms with Crippen molar-refractivity contribution in [1.82, 2.24) is 0 Å². The predicted molar refractivity (Wildman–Crippen MR) is 113 cm³/mol. The van der Waals surface area contributed by atoms with Gasteiger partial charge in [-0.15, -0.1) is 0 Å². The average molecular weight is 384 g/mol. The van der Waals surface area contributed by atoms with Crippen LogP contribution in [0, 0.1) is 5.92 Å². The van der Waals surface area contributed by atoms with Gasteiger partial charge >= 0.3 is 5.97 Å². The third kappa shape index (κ3) is 4.29. The SMILES string of the molecule is O=C1C[C@@H](c2ccccc2)[C@H](c2ccccc2)[C@H]1C(=O)OCCc1ccccc1. The number of hydrogen-bond donors (Lipinski definition) is 0. The molecule has 4 rings (SSSR count). The van der Waals surface area contributed by atoms with E-state index in [1.807, 2.05) is 91.0 Å². The molecule has 3 heteroatoms. The Kier molecular flexibility index (Phi) is 5.85. The smallest absolute Gasteiger partial charge is 0.317 e. The van der Waals surface area contributed by atoms with Crippen LogP contribution >= 0.6 is 0 Å². The van der Waals surface area contributed by atoms with Gasteiger partial charge in [0, 0.05) is 18.8 Å². The van der Waals surface area contributed by atoms with Gasteiger partial charge in [0.15, 0.2) is 0 Å². The van der Waals surface area contributed by atoms with Crippen LogP contribution in [0.5, 0.6) is 0 Å². The van der Waals surface area contributed by atoms with Gasteiger partial charge in [0.1, 0.15) is 11.7 Å². The summed E-state index contributed by atoms with van der Waals surface area (Å²) in [5.74, 6) is -1.40. The van der Waals surface area contributed by atoms with E-state index in [9.17, 15) is 9.59 Å². The Morgan fingerprint density at radius 1 is 0.793 bits per heavy atom. The molecule has 1 aliphatic rings. The summed E-state index contributed by atoms with van der Waals surface area (Å²) in [5, 5.41) is 0. The molecule has 1 saturated carbocycles. The molecule has 0 unspecified atom stereocenters. The van der Waals surface area contributed by atoms with Gasteiger partial charge in [0.05, 0.1) is 6.61 Å². The maximum absolute atomic E-state index is 13.0. The van der Waals surface area contributed by atoms with Crippen LogP contribution in [-0.2, 0) is 20.7 Å². The molecule has 29 heavy (non-hydrogen) atoms. The van der Waals surface area contributed by atoms with E-state index >= 15 is 0 Å². The highest BCUT2D eigenvalue weighted by atomic mass is 16.5. The molecule has 0 radical (unpaired) electrons. The minimum Gasteiger partial charge on any atom is -0.465 e. The fourth-order valence-electron chi connectivity index (χ4n) is 4.31. The van der Waals surface area contributed by atoms with Gasteiger partial charge in [0.2, 0.25) is 0 Å². The van der Waals surface area contributed by atoms with Crippen molar-refractivity contribution in [2.24, 2.45) is 5.92 Å². The maximum atomic E-state index is 13.0. The molecule has 0 aromatic heterocycles. The molecule has 1 fully saturated rings. The van der Waals surface area contributed by atoms with E-state index in [0.29, 0.717) is 12.8 Å². The largest absolute Gasteiger partial charge is 0.465 e. The number of rotatable bonds is 6. The second-order valence-electron chi connectivity index (χ2n) is 7.50. The van der Waals surface area contributed by atoms with Crippen molar-refractivity contribution in [2.75, 3.05) is 6.61 Å². The number of benzene rings is 3.